The minimum absolute atomic E-state index is 0. The maximum atomic E-state index is 5.09. The second-order valence-electron chi connectivity index (χ2n) is 2.15. The Hall–Kier alpha value is -1.07. The van der Waals surface area contributed by atoms with Crippen LogP contribution in [0.5, 0.6) is 0 Å². The predicted molar refractivity (Wildman–Crippen MR) is 54.4 cm³/mol. The molecule has 2 rings (SSSR count). The molecule has 0 aliphatic heterocycles. The lowest BCUT2D eigenvalue weighted by atomic mass is 10.5. The Morgan fingerprint density at radius 2 is 2.31 bits per heavy atom. The summed E-state index contributed by atoms with van der Waals surface area (Å²) in [6.45, 7) is 0. The highest BCUT2D eigenvalue weighted by Crippen LogP contribution is 2.27. The van der Waals surface area contributed by atoms with Gasteiger partial charge in [0.1, 0.15) is 5.00 Å². The molecule has 0 atom stereocenters. The SMILES string of the molecule is CNc1cnc(-c2cnco2)s1.Cl. The topological polar surface area (TPSA) is 51.0 Å². The van der Waals surface area contributed by atoms with Crippen molar-refractivity contribution < 1.29 is 4.42 Å². The van der Waals surface area contributed by atoms with Gasteiger partial charge in [-0.1, -0.05) is 11.3 Å². The third kappa shape index (κ3) is 1.99. The van der Waals surface area contributed by atoms with Gasteiger partial charge in [-0.3, -0.25) is 0 Å². The van der Waals surface area contributed by atoms with Crippen molar-refractivity contribution in [1.82, 2.24) is 9.97 Å². The monoisotopic (exact) mass is 217 g/mol. The highest BCUT2D eigenvalue weighted by atomic mass is 35.5. The van der Waals surface area contributed by atoms with Gasteiger partial charge in [-0.05, 0) is 0 Å². The first-order valence-electron chi connectivity index (χ1n) is 3.42. The van der Waals surface area contributed by atoms with Gasteiger partial charge in [-0.2, -0.15) is 0 Å². The zero-order valence-electron chi connectivity index (χ0n) is 6.85. The van der Waals surface area contributed by atoms with E-state index < -0.39 is 0 Å². The van der Waals surface area contributed by atoms with E-state index in [4.69, 9.17) is 4.42 Å². The van der Waals surface area contributed by atoms with Crippen LogP contribution in [-0.2, 0) is 0 Å². The molecule has 0 saturated carbocycles. The summed E-state index contributed by atoms with van der Waals surface area (Å²) < 4.78 is 5.09. The minimum Gasteiger partial charge on any atom is -0.441 e. The molecule has 4 nitrogen and oxygen atoms in total. The van der Waals surface area contributed by atoms with Gasteiger partial charge in [0.25, 0.3) is 0 Å². The van der Waals surface area contributed by atoms with Crippen LogP contribution in [0.1, 0.15) is 0 Å². The Bertz CT molecular complexity index is 359. The molecule has 1 N–H and O–H groups in total. The summed E-state index contributed by atoms with van der Waals surface area (Å²) in [4.78, 5) is 7.96. The van der Waals surface area contributed by atoms with Crippen molar-refractivity contribution in [3.63, 3.8) is 0 Å². The summed E-state index contributed by atoms with van der Waals surface area (Å²) in [5.74, 6) is 0.710. The maximum Gasteiger partial charge on any atom is 0.183 e. The summed E-state index contributed by atoms with van der Waals surface area (Å²) in [6.07, 6.45) is 4.82. The molecule has 0 aliphatic carbocycles. The van der Waals surface area contributed by atoms with Crippen molar-refractivity contribution in [3.05, 3.63) is 18.8 Å². The number of hydrogen-bond donors (Lipinski definition) is 1. The average molecular weight is 218 g/mol. The lowest BCUT2D eigenvalue weighted by Gasteiger charge is -1.87. The van der Waals surface area contributed by atoms with Crippen molar-refractivity contribution in [1.29, 1.82) is 0 Å². The zero-order chi connectivity index (χ0) is 8.39. The quantitative estimate of drug-likeness (QED) is 0.839. The summed E-state index contributed by atoms with van der Waals surface area (Å²) in [6, 6.07) is 0. The van der Waals surface area contributed by atoms with Gasteiger partial charge in [-0.15, -0.1) is 12.4 Å². The van der Waals surface area contributed by atoms with E-state index in [2.05, 4.69) is 15.3 Å². The Labute approximate surface area is 85.4 Å². The molecule has 2 aromatic heterocycles. The molecule has 0 aliphatic rings. The fourth-order valence-electron chi connectivity index (χ4n) is 0.825. The first-order chi connectivity index (χ1) is 5.90. The maximum absolute atomic E-state index is 5.09. The molecule has 13 heavy (non-hydrogen) atoms. The zero-order valence-corrected chi connectivity index (χ0v) is 8.48. The summed E-state index contributed by atoms with van der Waals surface area (Å²) in [5, 5.41) is 4.86. The van der Waals surface area contributed by atoms with Crippen LogP contribution >= 0.6 is 23.7 Å². The highest BCUT2D eigenvalue weighted by molar-refractivity contribution is 7.18. The Morgan fingerprint density at radius 3 is 2.85 bits per heavy atom. The molecular weight excluding hydrogens is 210 g/mol. The van der Waals surface area contributed by atoms with Gasteiger partial charge in [0.2, 0.25) is 0 Å². The molecule has 70 valence electrons. The third-order valence-electron chi connectivity index (χ3n) is 1.40. The number of thiazole rings is 1. The van der Waals surface area contributed by atoms with Crippen LogP contribution < -0.4 is 5.32 Å². The smallest absolute Gasteiger partial charge is 0.183 e. The van der Waals surface area contributed by atoms with Crippen LogP contribution in [0, 0.1) is 0 Å². The van der Waals surface area contributed by atoms with Gasteiger partial charge in [0.15, 0.2) is 17.2 Å². The normalized spacial score (nSPS) is 9.31. The highest BCUT2D eigenvalue weighted by Gasteiger charge is 2.05. The van der Waals surface area contributed by atoms with Crippen molar-refractivity contribution >= 4 is 28.7 Å². The first kappa shape index (κ1) is 10.0. The number of aromatic nitrogens is 2. The molecule has 6 heteroatoms. The third-order valence-corrected chi connectivity index (χ3v) is 2.42. The fourth-order valence-corrected chi connectivity index (χ4v) is 1.55. The second kappa shape index (κ2) is 4.25. The van der Waals surface area contributed by atoms with Gasteiger partial charge in [-0.25, -0.2) is 9.97 Å². The van der Waals surface area contributed by atoms with E-state index in [9.17, 15) is 0 Å². The lowest BCUT2D eigenvalue weighted by molar-refractivity contribution is 0.571. The Morgan fingerprint density at radius 1 is 1.46 bits per heavy atom. The van der Waals surface area contributed by atoms with Gasteiger partial charge >= 0.3 is 0 Å². The van der Waals surface area contributed by atoms with E-state index >= 15 is 0 Å². The number of hydrogen-bond acceptors (Lipinski definition) is 5. The van der Waals surface area contributed by atoms with Crippen LogP contribution in [0.15, 0.2) is 23.2 Å². The standard InChI is InChI=1S/C7H7N3OS.ClH/c1-8-6-3-10-7(12-6)5-2-9-4-11-5;/h2-4,8H,1H3;1H. The molecule has 0 bridgehead atoms. The molecule has 0 spiro atoms. The summed E-state index contributed by atoms with van der Waals surface area (Å²) >= 11 is 1.53. The van der Waals surface area contributed by atoms with Crippen molar-refractivity contribution in [3.8, 4) is 10.8 Å². The number of anilines is 1. The Balaban J connectivity index is 0.000000845. The van der Waals surface area contributed by atoms with Crippen LogP contribution in [-0.4, -0.2) is 17.0 Å². The van der Waals surface area contributed by atoms with Gasteiger partial charge in [0, 0.05) is 7.05 Å². The molecule has 0 unspecified atom stereocenters. The van der Waals surface area contributed by atoms with Crippen LogP contribution in [0.3, 0.4) is 0 Å². The van der Waals surface area contributed by atoms with E-state index in [1.54, 1.807) is 12.4 Å². The number of nitrogens with zero attached hydrogens (tertiary/aromatic N) is 2. The first-order valence-corrected chi connectivity index (χ1v) is 4.24. The van der Waals surface area contributed by atoms with E-state index in [1.807, 2.05) is 7.05 Å². The molecule has 0 aromatic carbocycles. The fraction of sp³-hybridized carbons (Fsp3) is 0.143. The van der Waals surface area contributed by atoms with E-state index in [0.717, 1.165) is 10.0 Å². The molecule has 0 radical (unpaired) electrons. The molecule has 0 fully saturated rings. The average Bonchev–Trinajstić information content (AvgIpc) is 2.75. The molecule has 0 amide bonds. The number of rotatable bonds is 2. The molecule has 2 aromatic rings. The van der Waals surface area contributed by atoms with E-state index in [1.165, 1.54) is 17.7 Å². The number of nitrogens with one attached hydrogen (secondary N) is 1. The number of halogens is 1. The van der Waals surface area contributed by atoms with Crippen molar-refractivity contribution in [2.45, 2.75) is 0 Å². The van der Waals surface area contributed by atoms with Gasteiger partial charge < -0.3 is 9.73 Å². The Kier molecular flexibility index (Phi) is 3.27. The van der Waals surface area contributed by atoms with E-state index in [-0.39, 0.29) is 12.4 Å². The predicted octanol–water partition coefficient (Wildman–Crippen LogP) is 2.26. The minimum atomic E-state index is 0. The largest absolute Gasteiger partial charge is 0.441 e. The van der Waals surface area contributed by atoms with Gasteiger partial charge in [0.05, 0.1) is 12.4 Å². The van der Waals surface area contributed by atoms with Crippen LogP contribution in [0.4, 0.5) is 5.00 Å². The van der Waals surface area contributed by atoms with Crippen molar-refractivity contribution in [2.24, 2.45) is 0 Å². The van der Waals surface area contributed by atoms with Crippen LogP contribution in [0.25, 0.3) is 10.8 Å². The number of oxazole rings is 1. The molecule has 0 saturated heterocycles. The molecule has 2 heterocycles. The van der Waals surface area contributed by atoms with Crippen molar-refractivity contribution in [2.75, 3.05) is 12.4 Å². The second-order valence-corrected chi connectivity index (χ2v) is 3.18. The molecular formula is C7H8ClN3OS. The van der Waals surface area contributed by atoms with E-state index in [0.29, 0.717) is 5.76 Å². The lowest BCUT2D eigenvalue weighted by Crippen LogP contribution is -1.80. The summed E-state index contributed by atoms with van der Waals surface area (Å²) in [5.41, 5.74) is 0. The summed E-state index contributed by atoms with van der Waals surface area (Å²) in [7, 11) is 1.86. The van der Waals surface area contributed by atoms with Crippen LogP contribution in [0.2, 0.25) is 0 Å².